The van der Waals surface area contributed by atoms with Crippen LogP contribution in [0.4, 0.5) is 0 Å². The van der Waals surface area contributed by atoms with Gasteiger partial charge in [0.2, 0.25) is 5.24 Å². The van der Waals surface area contributed by atoms with E-state index in [1.165, 1.54) is 6.92 Å². The van der Waals surface area contributed by atoms with E-state index in [4.69, 9.17) is 16.7 Å². The molecule has 0 radical (unpaired) electrons. The summed E-state index contributed by atoms with van der Waals surface area (Å²) < 4.78 is 0. The molecule has 0 rings (SSSR count). The molecule has 0 aromatic carbocycles. The summed E-state index contributed by atoms with van der Waals surface area (Å²) in [4.78, 5) is 20.1. The van der Waals surface area contributed by atoms with Gasteiger partial charge in [0.1, 0.15) is 0 Å². The molecule has 0 fully saturated rings. The summed E-state index contributed by atoms with van der Waals surface area (Å²) in [6.45, 7) is 1.43. The van der Waals surface area contributed by atoms with E-state index in [9.17, 15) is 9.59 Å². The lowest BCUT2D eigenvalue weighted by Gasteiger charge is -1.98. The van der Waals surface area contributed by atoms with Crippen molar-refractivity contribution in [1.29, 1.82) is 0 Å². The lowest BCUT2D eigenvalue weighted by molar-refractivity contribution is -0.142. The summed E-state index contributed by atoms with van der Waals surface area (Å²) in [6.07, 6.45) is -0.100. The van der Waals surface area contributed by atoms with Crippen molar-refractivity contribution in [3.8, 4) is 0 Å². The Balaban J connectivity index is 3.63. The summed E-state index contributed by atoms with van der Waals surface area (Å²) in [6, 6.07) is 0. The van der Waals surface area contributed by atoms with Gasteiger partial charge in [0, 0.05) is 6.42 Å². The molecule has 3 nitrogen and oxygen atoms in total. The summed E-state index contributed by atoms with van der Waals surface area (Å²) in [5.41, 5.74) is 0. The number of halogens is 1. The van der Waals surface area contributed by atoms with Crippen LogP contribution in [0.5, 0.6) is 0 Å². The van der Waals surface area contributed by atoms with E-state index in [0.717, 1.165) is 0 Å². The van der Waals surface area contributed by atoms with E-state index < -0.39 is 17.1 Å². The predicted octanol–water partition coefficient (Wildman–Crippen LogP) is 0.863. The Morgan fingerprint density at radius 2 is 2.11 bits per heavy atom. The zero-order chi connectivity index (χ0) is 7.44. The summed E-state index contributed by atoms with van der Waals surface area (Å²) in [7, 11) is 0. The summed E-state index contributed by atoms with van der Waals surface area (Å²) >= 11 is 4.91. The van der Waals surface area contributed by atoms with Crippen LogP contribution in [-0.4, -0.2) is 16.3 Å². The number of rotatable bonds is 3. The fourth-order valence-electron chi connectivity index (χ4n) is 0.328. The first-order valence-corrected chi connectivity index (χ1v) is 2.83. The molecule has 0 saturated carbocycles. The van der Waals surface area contributed by atoms with E-state index in [0.29, 0.717) is 0 Å². The van der Waals surface area contributed by atoms with Gasteiger partial charge in [-0.25, -0.2) is 0 Å². The topological polar surface area (TPSA) is 54.4 Å². The quantitative estimate of drug-likeness (QED) is 0.608. The van der Waals surface area contributed by atoms with Crippen molar-refractivity contribution in [2.75, 3.05) is 0 Å². The maximum absolute atomic E-state index is 10.1. The number of carboxylic acids is 1. The average molecular weight is 151 g/mol. The molecule has 9 heavy (non-hydrogen) atoms. The number of hydrogen-bond donors (Lipinski definition) is 1. The molecule has 0 heterocycles. The Kier molecular flexibility index (Phi) is 3.24. The standard InChI is InChI=1S/C5H7ClO3/c1-3(5(8)9)2-4(6)7/h3H,2H2,1H3,(H,8,9). The Morgan fingerprint density at radius 1 is 1.67 bits per heavy atom. The third-order valence-corrected chi connectivity index (χ3v) is 1.04. The second-order valence-electron chi connectivity index (χ2n) is 1.80. The van der Waals surface area contributed by atoms with Crippen molar-refractivity contribution in [1.82, 2.24) is 0 Å². The van der Waals surface area contributed by atoms with Crippen LogP contribution >= 0.6 is 11.6 Å². The monoisotopic (exact) mass is 150 g/mol. The Morgan fingerprint density at radius 3 is 2.22 bits per heavy atom. The van der Waals surface area contributed by atoms with Crippen LogP contribution in [0.15, 0.2) is 0 Å². The summed E-state index contributed by atoms with van der Waals surface area (Å²) in [5, 5.41) is 7.61. The van der Waals surface area contributed by atoms with Gasteiger partial charge in [-0.3, -0.25) is 9.59 Å². The average Bonchev–Trinajstić information content (AvgIpc) is 1.63. The number of hydrogen-bond acceptors (Lipinski definition) is 2. The molecule has 0 aromatic heterocycles. The molecule has 0 spiro atoms. The molecule has 4 heteroatoms. The molecule has 0 aliphatic rings. The zero-order valence-corrected chi connectivity index (χ0v) is 5.68. The fraction of sp³-hybridized carbons (Fsp3) is 0.600. The molecule has 1 N–H and O–H groups in total. The zero-order valence-electron chi connectivity index (χ0n) is 4.93. The first-order chi connectivity index (χ1) is 4.04. The molecule has 0 saturated heterocycles. The van der Waals surface area contributed by atoms with Gasteiger partial charge in [0.25, 0.3) is 0 Å². The number of carbonyl (C=O) groups excluding carboxylic acids is 1. The normalized spacial score (nSPS) is 12.7. The molecular weight excluding hydrogens is 144 g/mol. The molecule has 0 aromatic rings. The van der Waals surface area contributed by atoms with Crippen LogP contribution in [-0.2, 0) is 9.59 Å². The number of carboxylic acid groups (broad SMARTS) is 1. The molecule has 0 bridgehead atoms. The Bertz CT molecular complexity index is 132. The van der Waals surface area contributed by atoms with Crippen LogP contribution < -0.4 is 0 Å². The van der Waals surface area contributed by atoms with E-state index in [-0.39, 0.29) is 6.42 Å². The molecule has 1 unspecified atom stereocenters. The largest absolute Gasteiger partial charge is 0.481 e. The Labute approximate surface area is 57.6 Å². The van der Waals surface area contributed by atoms with Gasteiger partial charge in [-0.1, -0.05) is 6.92 Å². The van der Waals surface area contributed by atoms with Gasteiger partial charge in [0.15, 0.2) is 0 Å². The van der Waals surface area contributed by atoms with Gasteiger partial charge in [0.05, 0.1) is 5.92 Å². The van der Waals surface area contributed by atoms with Crippen molar-refractivity contribution in [2.24, 2.45) is 5.92 Å². The van der Waals surface area contributed by atoms with Gasteiger partial charge in [-0.05, 0) is 11.6 Å². The Hall–Kier alpha value is -0.570. The van der Waals surface area contributed by atoms with Crippen LogP contribution in [0.1, 0.15) is 13.3 Å². The molecular formula is C5H7ClO3. The second-order valence-corrected chi connectivity index (χ2v) is 2.22. The number of carbonyl (C=O) groups is 2. The highest BCUT2D eigenvalue weighted by Crippen LogP contribution is 2.03. The van der Waals surface area contributed by atoms with Gasteiger partial charge in [-0.2, -0.15) is 0 Å². The lowest BCUT2D eigenvalue weighted by atomic mass is 10.1. The van der Waals surface area contributed by atoms with Crippen LogP contribution in [0.2, 0.25) is 0 Å². The fourth-order valence-corrected chi connectivity index (χ4v) is 0.559. The van der Waals surface area contributed by atoms with Crippen molar-refractivity contribution in [3.63, 3.8) is 0 Å². The molecule has 52 valence electrons. The maximum atomic E-state index is 10.1. The smallest absolute Gasteiger partial charge is 0.306 e. The molecule has 0 amide bonds. The first kappa shape index (κ1) is 8.43. The minimum Gasteiger partial charge on any atom is -0.481 e. The molecule has 0 aliphatic carbocycles. The predicted molar refractivity (Wildman–Crippen MR) is 32.3 cm³/mol. The van der Waals surface area contributed by atoms with Crippen LogP contribution in [0.25, 0.3) is 0 Å². The van der Waals surface area contributed by atoms with Crippen LogP contribution in [0.3, 0.4) is 0 Å². The minimum absolute atomic E-state index is 0.100. The van der Waals surface area contributed by atoms with E-state index in [1.54, 1.807) is 0 Å². The van der Waals surface area contributed by atoms with Gasteiger partial charge >= 0.3 is 5.97 Å². The lowest BCUT2D eigenvalue weighted by Crippen LogP contribution is -2.11. The van der Waals surface area contributed by atoms with Crippen LogP contribution in [0, 0.1) is 5.92 Å². The maximum Gasteiger partial charge on any atom is 0.306 e. The van der Waals surface area contributed by atoms with E-state index in [1.807, 2.05) is 0 Å². The molecule has 1 atom stereocenters. The third kappa shape index (κ3) is 3.97. The first-order valence-electron chi connectivity index (χ1n) is 2.45. The molecule has 0 aliphatic heterocycles. The number of aliphatic carboxylic acids is 1. The summed E-state index contributed by atoms with van der Waals surface area (Å²) in [5.74, 6) is -1.67. The van der Waals surface area contributed by atoms with E-state index in [2.05, 4.69) is 0 Å². The minimum atomic E-state index is -0.996. The van der Waals surface area contributed by atoms with Crippen molar-refractivity contribution >= 4 is 22.8 Å². The van der Waals surface area contributed by atoms with Crippen molar-refractivity contribution in [2.45, 2.75) is 13.3 Å². The highest BCUT2D eigenvalue weighted by molar-refractivity contribution is 6.63. The SMILES string of the molecule is CC(CC(=O)Cl)C(=O)O. The highest BCUT2D eigenvalue weighted by atomic mass is 35.5. The van der Waals surface area contributed by atoms with E-state index >= 15 is 0 Å². The third-order valence-electron chi connectivity index (χ3n) is 0.888. The second kappa shape index (κ2) is 3.45. The van der Waals surface area contributed by atoms with Gasteiger partial charge in [-0.15, -0.1) is 0 Å². The van der Waals surface area contributed by atoms with Crippen molar-refractivity contribution < 1.29 is 14.7 Å². The van der Waals surface area contributed by atoms with Crippen molar-refractivity contribution in [3.05, 3.63) is 0 Å². The highest BCUT2D eigenvalue weighted by Gasteiger charge is 2.13. The van der Waals surface area contributed by atoms with Gasteiger partial charge < -0.3 is 5.11 Å².